The lowest BCUT2D eigenvalue weighted by atomic mass is 10.2. The van der Waals surface area contributed by atoms with Crippen LogP contribution in [0.4, 0.5) is 18.0 Å². The molecular weight excluding hydrogens is 357 g/mol. The second-order valence-corrected chi connectivity index (χ2v) is 5.30. The van der Waals surface area contributed by atoms with Crippen LogP contribution in [0.15, 0.2) is 39.8 Å². The number of fused-ring (bicyclic) bond motifs is 3. The average Bonchev–Trinajstić information content (AvgIpc) is 2.94. The first-order valence-electron chi connectivity index (χ1n) is 7.26. The minimum absolute atomic E-state index is 0.0666. The minimum atomic E-state index is -4.60. The van der Waals surface area contributed by atoms with E-state index in [1.165, 1.54) is 5.32 Å². The van der Waals surface area contributed by atoms with E-state index in [4.69, 9.17) is 4.42 Å². The molecule has 0 aliphatic rings. The molecule has 136 valence electrons. The number of imide groups is 1. The quantitative estimate of drug-likeness (QED) is 0.729. The number of nitrogens with zero attached hydrogens (tertiary/aromatic N) is 2. The molecule has 1 aromatic carbocycles. The highest BCUT2D eigenvalue weighted by Gasteiger charge is 2.28. The molecule has 0 atom stereocenters. The molecule has 0 spiro atoms. The molecule has 0 radical (unpaired) electrons. The van der Waals surface area contributed by atoms with E-state index >= 15 is 0 Å². The van der Waals surface area contributed by atoms with E-state index in [1.807, 2.05) is 0 Å². The number of halogens is 3. The molecule has 0 fully saturated rings. The van der Waals surface area contributed by atoms with Gasteiger partial charge in [0, 0.05) is 5.39 Å². The van der Waals surface area contributed by atoms with Crippen LogP contribution in [0.1, 0.15) is 0 Å². The van der Waals surface area contributed by atoms with Crippen molar-refractivity contribution < 1.29 is 27.2 Å². The standard InChI is InChI=1S/C15H11F3N4O4/c16-15(17,18)6-19-14(25)21-10(23)5-22-7-20-11-8-3-1-2-4-9(8)26-12(11)13(22)24/h1-4,7H,5-6H2,(H2,19,21,23,25). The Morgan fingerprint density at radius 2 is 1.96 bits per heavy atom. The van der Waals surface area contributed by atoms with Crippen molar-refractivity contribution in [2.45, 2.75) is 12.7 Å². The van der Waals surface area contributed by atoms with E-state index in [0.29, 0.717) is 16.5 Å². The summed E-state index contributed by atoms with van der Waals surface area (Å²) in [5.41, 5.74) is 0.0473. The lowest BCUT2D eigenvalue weighted by molar-refractivity contribution is -0.124. The van der Waals surface area contributed by atoms with Gasteiger partial charge in [-0.15, -0.1) is 0 Å². The number of para-hydroxylation sites is 1. The van der Waals surface area contributed by atoms with Crippen molar-refractivity contribution in [1.82, 2.24) is 20.2 Å². The Labute approximate surface area is 142 Å². The highest BCUT2D eigenvalue weighted by atomic mass is 19.4. The zero-order chi connectivity index (χ0) is 18.9. The molecule has 2 heterocycles. The third-order valence-corrected chi connectivity index (χ3v) is 3.37. The van der Waals surface area contributed by atoms with Gasteiger partial charge in [0.1, 0.15) is 24.2 Å². The van der Waals surface area contributed by atoms with E-state index in [9.17, 15) is 27.6 Å². The molecule has 0 unspecified atom stereocenters. The van der Waals surface area contributed by atoms with Crippen LogP contribution in [0.25, 0.3) is 22.1 Å². The fraction of sp³-hybridized carbons (Fsp3) is 0.200. The molecule has 2 aromatic heterocycles. The van der Waals surface area contributed by atoms with Gasteiger partial charge in [-0.1, -0.05) is 12.1 Å². The van der Waals surface area contributed by atoms with Gasteiger partial charge in [0.05, 0.1) is 6.33 Å². The van der Waals surface area contributed by atoms with Crippen LogP contribution in [0.2, 0.25) is 0 Å². The molecule has 0 aliphatic carbocycles. The van der Waals surface area contributed by atoms with Crippen molar-refractivity contribution in [2.75, 3.05) is 6.54 Å². The number of carbonyl (C=O) groups is 2. The van der Waals surface area contributed by atoms with Crippen LogP contribution in [-0.4, -0.2) is 34.2 Å². The molecule has 11 heteroatoms. The predicted octanol–water partition coefficient (Wildman–Crippen LogP) is 1.53. The van der Waals surface area contributed by atoms with E-state index in [-0.39, 0.29) is 5.58 Å². The van der Waals surface area contributed by atoms with E-state index in [1.54, 1.807) is 29.6 Å². The molecule has 3 amide bonds. The number of hydrogen-bond acceptors (Lipinski definition) is 5. The Hall–Kier alpha value is -3.37. The van der Waals surface area contributed by atoms with Crippen LogP contribution in [0.3, 0.4) is 0 Å². The number of aromatic nitrogens is 2. The van der Waals surface area contributed by atoms with Crippen molar-refractivity contribution in [1.29, 1.82) is 0 Å². The number of hydrogen-bond donors (Lipinski definition) is 2. The van der Waals surface area contributed by atoms with Crippen molar-refractivity contribution in [3.05, 3.63) is 40.9 Å². The Morgan fingerprint density at radius 3 is 2.69 bits per heavy atom. The summed E-state index contributed by atoms with van der Waals surface area (Å²) in [6, 6.07) is 5.51. The molecule has 0 saturated heterocycles. The van der Waals surface area contributed by atoms with Crippen LogP contribution in [-0.2, 0) is 11.3 Å². The minimum Gasteiger partial charge on any atom is -0.448 e. The van der Waals surface area contributed by atoms with E-state index in [2.05, 4.69) is 4.98 Å². The van der Waals surface area contributed by atoms with Gasteiger partial charge in [0.2, 0.25) is 11.5 Å². The van der Waals surface area contributed by atoms with E-state index < -0.39 is 36.8 Å². The largest absolute Gasteiger partial charge is 0.448 e. The molecule has 0 bridgehead atoms. The lowest BCUT2D eigenvalue weighted by Gasteiger charge is -2.09. The number of alkyl halides is 3. The van der Waals surface area contributed by atoms with Gasteiger partial charge in [-0.05, 0) is 12.1 Å². The fourth-order valence-electron chi connectivity index (χ4n) is 2.27. The first kappa shape index (κ1) is 17.5. The third-order valence-electron chi connectivity index (χ3n) is 3.37. The fourth-order valence-corrected chi connectivity index (χ4v) is 2.27. The maximum Gasteiger partial charge on any atom is 0.405 e. The normalized spacial score (nSPS) is 11.7. The lowest BCUT2D eigenvalue weighted by Crippen LogP contribution is -2.45. The summed E-state index contributed by atoms with van der Waals surface area (Å²) in [4.78, 5) is 39.4. The zero-order valence-electron chi connectivity index (χ0n) is 13.0. The number of amides is 3. The smallest absolute Gasteiger partial charge is 0.405 e. The highest BCUT2D eigenvalue weighted by Crippen LogP contribution is 2.23. The molecule has 3 rings (SSSR count). The first-order valence-corrected chi connectivity index (χ1v) is 7.26. The number of nitrogens with one attached hydrogen (secondary N) is 2. The van der Waals surface area contributed by atoms with Gasteiger partial charge in [-0.2, -0.15) is 13.2 Å². The van der Waals surface area contributed by atoms with Gasteiger partial charge < -0.3 is 9.73 Å². The Kier molecular flexibility index (Phi) is 4.36. The Morgan fingerprint density at radius 1 is 1.23 bits per heavy atom. The number of carbonyl (C=O) groups excluding carboxylic acids is 2. The molecule has 26 heavy (non-hydrogen) atoms. The maximum atomic E-state index is 12.4. The third kappa shape index (κ3) is 3.66. The molecule has 0 aliphatic heterocycles. The summed E-state index contributed by atoms with van der Waals surface area (Å²) in [7, 11) is 0. The second kappa shape index (κ2) is 6.50. The SMILES string of the molecule is O=C(Cn1cnc2c(oc3ccccc32)c1=O)NC(=O)NCC(F)(F)F. The van der Waals surface area contributed by atoms with Crippen molar-refractivity contribution in [2.24, 2.45) is 0 Å². The zero-order valence-corrected chi connectivity index (χ0v) is 13.0. The van der Waals surface area contributed by atoms with Gasteiger partial charge in [-0.25, -0.2) is 9.78 Å². The summed E-state index contributed by atoms with van der Waals surface area (Å²) in [6.45, 7) is -2.20. The second-order valence-electron chi connectivity index (χ2n) is 5.30. The van der Waals surface area contributed by atoms with Crippen LogP contribution in [0, 0.1) is 0 Å². The van der Waals surface area contributed by atoms with Gasteiger partial charge in [-0.3, -0.25) is 19.5 Å². The van der Waals surface area contributed by atoms with Crippen LogP contribution >= 0.6 is 0 Å². The molecule has 8 nitrogen and oxygen atoms in total. The monoisotopic (exact) mass is 368 g/mol. The number of furan rings is 1. The number of rotatable bonds is 3. The topological polar surface area (TPSA) is 106 Å². The molecule has 3 aromatic rings. The average molecular weight is 368 g/mol. The summed E-state index contributed by atoms with van der Waals surface area (Å²) in [5, 5.41) is 3.81. The first-order chi connectivity index (χ1) is 12.2. The van der Waals surface area contributed by atoms with Gasteiger partial charge >= 0.3 is 12.2 Å². The molecular formula is C15H11F3N4O4. The van der Waals surface area contributed by atoms with Crippen LogP contribution < -0.4 is 16.2 Å². The molecule has 0 saturated carbocycles. The summed E-state index contributed by atoms with van der Waals surface area (Å²) in [5.74, 6) is -0.982. The van der Waals surface area contributed by atoms with Crippen LogP contribution in [0.5, 0.6) is 0 Å². The summed E-state index contributed by atoms with van der Waals surface area (Å²) in [6.07, 6.45) is -3.51. The Balaban J connectivity index is 1.75. The predicted molar refractivity (Wildman–Crippen MR) is 83.4 cm³/mol. The van der Waals surface area contributed by atoms with Crippen molar-refractivity contribution in [3.8, 4) is 0 Å². The maximum absolute atomic E-state index is 12.4. The van der Waals surface area contributed by atoms with Crippen molar-refractivity contribution in [3.63, 3.8) is 0 Å². The summed E-state index contributed by atoms with van der Waals surface area (Å²) < 4.78 is 42.3. The molecule has 2 N–H and O–H groups in total. The Bertz CT molecular complexity index is 1050. The number of benzene rings is 1. The van der Waals surface area contributed by atoms with E-state index in [0.717, 1.165) is 10.9 Å². The highest BCUT2D eigenvalue weighted by molar-refractivity contribution is 6.01. The van der Waals surface area contributed by atoms with Gasteiger partial charge in [0.25, 0.3) is 5.56 Å². The van der Waals surface area contributed by atoms with Gasteiger partial charge in [0.15, 0.2) is 0 Å². The number of urea groups is 1. The van der Waals surface area contributed by atoms with Crippen molar-refractivity contribution >= 4 is 34.0 Å². The summed E-state index contributed by atoms with van der Waals surface area (Å²) >= 11 is 0.